The van der Waals surface area contributed by atoms with Crippen molar-refractivity contribution >= 4 is 11.6 Å². The van der Waals surface area contributed by atoms with Gasteiger partial charge in [-0.2, -0.15) is 0 Å². The summed E-state index contributed by atoms with van der Waals surface area (Å²) >= 11 is 6.29. The van der Waals surface area contributed by atoms with Crippen LogP contribution in [-0.2, 0) is 6.54 Å². The van der Waals surface area contributed by atoms with Gasteiger partial charge in [-0.1, -0.05) is 23.7 Å². The molecule has 0 radical (unpaired) electrons. The molecular formula is C15H24ClN3. The minimum atomic E-state index is 0.341. The largest absolute Gasteiger partial charge is 0.329 e. The molecule has 1 aliphatic rings. The Morgan fingerprint density at radius 1 is 1.37 bits per heavy atom. The highest BCUT2D eigenvalue weighted by Crippen LogP contribution is 2.36. The molecule has 4 heteroatoms. The number of fused-ring (bicyclic) bond motifs is 1. The minimum Gasteiger partial charge on any atom is -0.329 e. The van der Waals surface area contributed by atoms with Crippen LogP contribution >= 0.6 is 11.6 Å². The molecule has 1 unspecified atom stereocenters. The van der Waals surface area contributed by atoms with Crippen molar-refractivity contribution < 1.29 is 0 Å². The van der Waals surface area contributed by atoms with E-state index in [4.69, 9.17) is 17.3 Å². The van der Waals surface area contributed by atoms with Crippen molar-refractivity contribution in [2.45, 2.75) is 25.4 Å². The predicted molar refractivity (Wildman–Crippen MR) is 81.4 cm³/mol. The molecule has 1 heterocycles. The molecule has 2 N–H and O–H groups in total. The van der Waals surface area contributed by atoms with Gasteiger partial charge in [-0.3, -0.25) is 4.90 Å². The second kappa shape index (κ2) is 6.71. The van der Waals surface area contributed by atoms with Crippen molar-refractivity contribution in [1.82, 2.24) is 9.80 Å². The molecule has 1 aromatic carbocycles. The highest BCUT2D eigenvalue weighted by molar-refractivity contribution is 6.31. The number of halogens is 1. The molecular weight excluding hydrogens is 258 g/mol. The fraction of sp³-hybridized carbons (Fsp3) is 0.600. The first kappa shape index (κ1) is 14.8. The van der Waals surface area contributed by atoms with Gasteiger partial charge in [-0.25, -0.2) is 0 Å². The molecule has 1 aromatic rings. The Balaban J connectivity index is 1.95. The van der Waals surface area contributed by atoms with Gasteiger partial charge < -0.3 is 10.6 Å². The van der Waals surface area contributed by atoms with E-state index in [2.05, 4.69) is 30.0 Å². The summed E-state index contributed by atoms with van der Waals surface area (Å²) in [6, 6.07) is 6.51. The first-order chi connectivity index (χ1) is 9.13. The number of unbranched alkanes of at least 4 members (excludes halogenated alkanes) is 1. The lowest BCUT2D eigenvalue weighted by atomic mass is 10.1. The quantitative estimate of drug-likeness (QED) is 0.813. The molecule has 1 atom stereocenters. The van der Waals surface area contributed by atoms with E-state index in [0.29, 0.717) is 12.6 Å². The van der Waals surface area contributed by atoms with Crippen LogP contribution in [0.2, 0.25) is 5.02 Å². The molecule has 0 fully saturated rings. The van der Waals surface area contributed by atoms with Gasteiger partial charge in [0.05, 0.1) is 0 Å². The summed E-state index contributed by atoms with van der Waals surface area (Å²) in [5, 5.41) is 0.881. The Morgan fingerprint density at radius 2 is 2.16 bits per heavy atom. The Kier molecular flexibility index (Phi) is 5.22. The third kappa shape index (κ3) is 3.48. The summed E-state index contributed by atoms with van der Waals surface area (Å²) in [5.41, 5.74) is 8.54. The van der Waals surface area contributed by atoms with Gasteiger partial charge in [-0.05, 0) is 57.2 Å². The van der Waals surface area contributed by atoms with Crippen LogP contribution in [0, 0.1) is 0 Å². The number of nitrogens with two attached hydrogens (primary N) is 1. The number of hydrogen-bond acceptors (Lipinski definition) is 3. The van der Waals surface area contributed by atoms with Crippen molar-refractivity contribution in [3.05, 3.63) is 34.3 Å². The Morgan fingerprint density at radius 3 is 2.84 bits per heavy atom. The van der Waals surface area contributed by atoms with Gasteiger partial charge >= 0.3 is 0 Å². The maximum atomic E-state index is 6.29. The van der Waals surface area contributed by atoms with Crippen molar-refractivity contribution in [2.24, 2.45) is 5.73 Å². The maximum Gasteiger partial charge on any atom is 0.0477 e. The summed E-state index contributed by atoms with van der Waals surface area (Å²) in [7, 11) is 4.24. The number of nitrogens with zero attached hydrogens (tertiary/aromatic N) is 2. The van der Waals surface area contributed by atoms with Crippen LogP contribution in [-0.4, -0.2) is 43.5 Å². The molecule has 0 bridgehead atoms. The molecule has 3 nitrogen and oxygen atoms in total. The number of rotatable bonds is 6. The van der Waals surface area contributed by atoms with Crippen LogP contribution in [0.25, 0.3) is 0 Å². The van der Waals surface area contributed by atoms with E-state index in [1.54, 1.807) is 0 Å². The molecule has 2 rings (SSSR count). The normalized spacial score (nSPS) is 19.1. The first-order valence-corrected chi connectivity index (χ1v) is 7.37. The lowest BCUT2D eigenvalue weighted by molar-refractivity contribution is 0.212. The Labute approximate surface area is 121 Å². The third-order valence-electron chi connectivity index (χ3n) is 3.84. The van der Waals surface area contributed by atoms with Gasteiger partial charge in [0.25, 0.3) is 0 Å². The van der Waals surface area contributed by atoms with Crippen LogP contribution in [0.4, 0.5) is 0 Å². The number of hydrogen-bond donors (Lipinski definition) is 1. The maximum absolute atomic E-state index is 6.29. The second-order valence-corrected chi connectivity index (χ2v) is 5.95. The zero-order valence-corrected chi connectivity index (χ0v) is 12.7. The highest BCUT2D eigenvalue weighted by atomic mass is 35.5. The van der Waals surface area contributed by atoms with Crippen molar-refractivity contribution in [3.8, 4) is 0 Å². The van der Waals surface area contributed by atoms with Crippen molar-refractivity contribution in [2.75, 3.05) is 33.7 Å². The van der Waals surface area contributed by atoms with E-state index in [0.717, 1.165) is 24.7 Å². The summed E-state index contributed by atoms with van der Waals surface area (Å²) in [5.74, 6) is 0. The SMILES string of the molecule is CN(C)CCCCN1Cc2c(Cl)cccc2C1CN. The zero-order valence-electron chi connectivity index (χ0n) is 11.9. The monoisotopic (exact) mass is 281 g/mol. The summed E-state index contributed by atoms with van der Waals surface area (Å²) < 4.78 is 0. The predicted octanol–water partition coefficient (Wildman–Crippen LogP) is 2.50. The third-order valence-corrected chi connectivity index (χ3v) is 4.19. The van der Waals surface area contributed by atoms with Gasteiger partial charge in [-0.15, -0.1) is 0 Å². The van der Waals surface area contributed by atoms with Crippen molar-refractivity contribution in [1.29, 1.82) is 0 Å². The molecule has 106 valence electrons. The van der Waals surface area contributed by atoms with Crippen LogP contribution in [0.15, 0.2) is 18.2 Å². The van der Waals surface area contributed by atoms with Gasteiger partial charge in [0.2, 0.25) is 0 Å². The van der Waals surface area contributed by atoms with Gasteiger partial charge in [0.1, 0.15) is 0 Å². The summed E-state index contributed by atoms with van der Waals surface area (Å²) in [4.78, 5) is 4.70. The van der Waals surface area contributed by atoms with E-state index in [1.165, 1.54) is 24.0 Å². The summed E-state index contributed by atoms with van der Waals surface area (Å²) in [6.45, 7) is 3.86. The topological polar surface area (TPSA) is 32.5 Å². The average Bonchev–Trinajstić information content (AvgIpc) is 2.73. The van der Waals surface area contributed by atoms with Crippen LogP contribution in [0.5, 0.6) is 0 Å². The molecule has 0 saturated heterocycles. The molecule has 19 heavy (non-hydrogen) atoms. The molecule has 0 aromatic heterocycles. The molecule has 0 spiro atoms. The van der Waals surface area contributed by atoms with Gasteiger partial charge in [0, 0.05) is 24.2 Å². The standard InChI is InChI=1S/C15H24ClN3/c1-18(2)8-3-4-9-19-11-13-12(15(19)10-17)6-5-7-14(13)16/h5-7,15H,3-4,8-11,17H2,1-2H3. The smallest absolute Gasteiger partial charge is 0.0477 e. The van der Waals surface area contributed by atoms with Crippen LogP contribution in [0.1, 0.15) is 30.0 Å². The van der Waals surface area contributed by atoms with Crippen molar-refractivity contribution in [3.63, 3.8) is 0 Å². The van der Waals surface area contributed by atoms with Gasteiger partial charge in [0.15, 0.2) is 0 Å². The lowest BCUT2D eigenvalue weighted by Crippen LogP contribution is -2.29. The highest BCUT2D eigenvalue weighted by Gasteiger charge is 2.29. The zero-order chi connectivity index (χ0) is 13.8. The molecule has 0 amide bonds. The molecule has 0 saturated carbocycles. The fourth-order valence-corrected chi connectivity index (χ4v) is 3.06. The van der Waals surface area contributed by atoms with E-state index >= 15 is 0 Å². The molecule has 0 aliphatic carbocycles. The van der Waals surface area contributed by atoms with Crippen LogP contribution in [0.3, 0.4) is 0 Å². The lowest BCUT2D eigenvalue weighted by Gasteiger charge is -2.24. The van der Waals surface area contributed by atoms with Crippen LogP contribution < -0.4 is 5.73 Å². The van der Waals surface area contributed by atoms with E-state index in [1.807, 2.05) is 12.1 Å². The number of benzene rings is 1. The average molecular weight is 282 g/mol. The fourth-order valence-electron chi connectivity index (χ4n) is 2.82. The minimum absolute atomic E-state index is 0.341. The van der Waals surface area contributed by atoms with E-state index < -0.39 is 0 Å². The molecule has 1 aliphatic heterocycles. The van der Waals surface area contributed by atoms with E-state index in [-0.39, 0.29) is 0 Å². The summed E-state index contributed by atoms with van der Waals surface area (Å²) in [6.07, 6.45) is 2.44. The van der Waals surface area contributed by atoms with E-state index in [9.17, 15) is 0 Å². The first-order valence-electron chi connectivity index (χ1n) is 6.99. The second-order valence-electron chi connectivity index (χ2n) is 5.54. The Bertz CT molecular complexity index is 420. The Hall–Kier alpha value is -0.610.